The van der Waals surface area contributed by atoms with Crippen molar-refractivity contribution in [1.82, 2.24) is 15.3 Å². The molecule has 1 saturated heterocycles. The van der Waals surface area contributed by atoms with Gasteiger partial charge in [-0.3, -0.25) is 4.79 Å². The first-order chi connectivity index (χ1) is 12.8. The highest BCUT2D eigenvalue weighted by atomic mass is 79.9. The Kier molecular flexibility index (Phi) is 5.98. The minimum Gasteiger partial charge on any atom is -0.356 e. The van der Waals surface area contributed by atoms with Gasteiger partial charge in [0, 0.05) is 29.7 Å². The van der Waals surface area contributed by atoms with Gasteiger partial charge < -0.3 is 10.2 Å². The molecule has 9 heteroatoms. The molecule has 2 heterocycles. The number of rotatable bonds is 4. The minimum atomic E-state index is -4.49. The molecule has 0 aliphatic carbocycles. The summed E-state index contributed by atoms with van der Waals surface area (Å²) in [4.78, 5) is 21.3. The molecule has 0 unspecified atom stereocenters. The lowest BCUT2D eigenvalue weighted by molar-refractivity contribution is -0.141. The van der Waals surface area contributed by atoms with E-state index in [9.17, 15) is 18.0 Å². The molecular formula is C18H18BrF3N4O. The number of amides is 1. The molecule has 0 bridgehead atoms. The quantitative estimate of drug-likeness (QED) is 0.785. The monoisotopic (exact) mass is 442 g/mol. The van der Waals surface area contributed by atoms with E-state index in [1.165, 1.54) is 0 Å². The van der Waals surface area contributed by atoms with Crippen molar-refractivity contribution in [2.75, 3.05) is 18.0 Å². The van der Waals surface area contributed by atoms with Crippen LogP contribution in [0.2, 0.25) is 0 Å². The number of hydrogen-bond donors (Lipinski definition) is 1. The summed E-state index contributed by atoms with van der Waals surface area (Å²) < 4.78 is 39.3. The van der Waals surface area contributed by atoms with Crippen molar-refractivity contribution in [3.05, 3.63) is 52.4 Å². The third kappa shape index (κ3) is 5.18. The predicted molar refractivity (Wildman–Crippen MR) is 98.3 cm³/mol. The normalized spacial score (nSPS) is 15.6. The van der Waals surface area contributed by atoms with Gasteiger partial charge in [-0.15, -0.1) is 0 Å². The van der Waals surface area contributed by atoms with Gasteiger partial charge in [0.05, 0.1) is 6.42 Å². The molecule has 144 valence electrons. The number of carbonyl (C=O) groups is 1. The van der Waals surface area contributed by atoms with Gasteiger partial charge in [-0.25, -0.2) is 9.97 Å². The number of carbonyl (C=O) groups excluding carboxylic acids is 1. The van der Waals surface area contributed by atoms with E-state index in [1.807, 2.05) is 24.3 Å². The predicted octanol–water partition coefficient (Wildman–Crippen LogP) is 3.59. The number of hydrogen-bond acceptors (Lipinski definition) is 4. The molecule has 0 spiro atoms. The number of nitrogens with zero attached hydrogens (tertiary/aromatic N) is 3. The minimum absolute atomic E-state index is 0.000150. The van der Waals surface area contributed by atoms with Crippen LogP contribution in [0, 0.1) is 0 Å². The van der Waals surface area contributed by atoms with Crippen LogP contribution in [-0.4, -0.2) is 35.0 Å². The summed E-state index contributed by atoms with van der Waals surface area (Å²) in [6.45, 7) is 1.04. The molecule has 1 aromatic carbocycles. The molecule has 5 nitrogen and oxygen atoms in total. The average Bonchev–Trinajstić information content (AvgIpc) is 2.64. The molecule has 1 fully saturated rings. The molecule has 1 aliphatic heterocycles. The van der Waals surface area contributed by atoms with E-state index in [4.69, 9.17) is 0 Å². The number of halogens is 4. The average molecular weight is 443 g/mol. The largest absolute Gasteiger partial charge is 0.433 e. The van der Waals surface area contributed by atoms with Gasteiger partial charge in [0.15, 0.2) is 0 Å². The van der Waals surface area contributed by atoms with Gasteiger partial charge in [0.2, 0.25) is 5.91 Å². The highest BCUT2D eigenvalue weighted by molar-refractivity contribution is 9.10. The zero-order valence-corrected chi connectivity index (χ0v) is 15.9. The summed E-state index contributed by atoms with van der Waals surface area (Å²) in [5, 5.41) is 3.00. The Morgan fingerprint density at radius 2 is 1.93 bits per heavy atom. The van der Waals surface area contributed by atoms with Crippen molar-refractivity contribution >= 4 is 27.7 Å². The van der Waals surface area contributed by atoms with E-state index in [2.05, 4.69) is 31.2 Å². The van der Waals surface area contributed by atoms with Crippen molar-refractivity contribution in [2.24, 2.45) is 0 Å². The fourth-order valence-corrected chi connectivity index (χ4v) is 3.45. The highest BCUT2D eigenvalue weighted by Gasteiger charge is 2.33. The van der Waals surface area contributed by atoms with Gasteiger partial charge in [0.25, 0.3) is 0 Å². The second-order valence-corrected chi connectivity index (χ2v) is 7.21. The van der Waals surface area contributed by atoms with E-state index < -0.39 is 11.9 Å². The Labute approximate surface area is 163 Å². The fraction of sp³-hybridized carbons (Fsp3) is 0.389. The van der Waals surface area contributed by atoms with Crippen LogP contribution in [0.25, 0.3) is 0 Å². The molecule has 0 saturated carbocycles. The Balaban J connectivity index is 1.53. The lowest BCUT2D eigenvalue weighted by Crippen LogP contribution is -2.45. The first-order valence-electron chi connectivity index (χ1n) is 8.50. The van der Waals surface area contributed by atoms with Crippen LogP contribution in [0.1, 0.15) is 24.1 Å². The van der Waals surface area contributed by atoms with Crippen LogP contribution < -0.4 is 10.2 Å². The fourth-order valence-electron chi connectivity index (χ4n) is 3.02. The van der Waals surface area contributed by atoms with Crippen LogP contribution in [-0.2, 0) is 17.4 Å². The third-order valence-corrected chi connectivity index (χ3v) is 5.21. The van der Waals surface area contributed by atoms with Crippen LogP contribution >= 0.6 is 15.9 Å². The Hall–Kier alpha value is -2.16. The van der Waals surface area contributed by atoms with Crippen molar-refractivity contribution in [2.45, 2.75) is 31.5 Å². The molecule has 0 radical (unpaired) electrons. The maximum absolute atomic E-state index is 12.8. The molecule has 0 atom stereocenters. The number of piperidine rings is 1. The lowest BCUT2D eigenvalue weighted by atomic mass is 10.0. The summed E-state index contributed by atoms with van der Waals surface area (Å²) in [5.41, 5.74) is -0.0375. The molecule has 27 heavy (non-hydrogen) atoms. The Morgan fingerprint density at radius 3 is 2.59 bits per heavy atom. The van der Waals surface area contributed by atoms with E-state index in [-0.39, 0.29) is 24.2 Å². The molecule has 1 aromatic heterocycles. The van der Waals surface area contributed by atoms with Crippen molar-refractivity contribution in [1.29, 1.82) is 0 Å². The smallest absolute Gasteiger partial charge is 0.356 e. The van der Waals surface area contributed by atoms with E-state index in [0.29, 0.717) is 25.9 Å². The second kappa shape index (κ2) is 8.24. The first kappa shape index (κ1) is 19.6. The van der Waals surface area contributed by atoms with Gasteiger partial charge >= 0.3 is 6.18 Å². The lowest BCUT2D eigenvalue weighted by Gasteiger charge is -2.33. The van der Waals surface area contributed by atoms with Gasteiger partial charge in [-0.05, 0) is 24.5 Å². The van der Waals surface area contributed by atoms with Crippen LogP contribution in [0.15, 0.2) is 41.1 Å². The van der Waals surface area contributed by atoms with E-state index in [0.717, 1.165) is 22.4 Å². The second-order valence-electron chi connectivity index (χ2n) is 6.36. The zero-order valence-electron chi connectivity index (χ0n) is 14.3. The van der Waals surface area contributed by atoms with Gasteiger partial charge in [-0.2, -0.15) is 13.2 Å². The number of anilines is 1. The number of benzene rings is 1. The number of alkyl halides is 3. The number of nitrogens with one attached hydrogen (secondary N) is 1. The van der Waals surface area contributed by atoms with Crippen LogP contribution in [0.4, 0.5) is 19.0 Å². The summed E-state index contributed by atoms with van der Waals surface area (Å²) in [6, 6.07) is 8.50. The maximum Gasteiger partial charge on any atom is 0.433 e. The molecule has 3 rings (SSSR count). The summed E-state index contributed by atoms with van der Waals surface area (Å²) in [5.74, 6) is 0.192. The zero-order chi connectivity index (χ0) is 19.4. The van der Waals surface area contributed by atoms with Crippen LogP contribution in [0.3, 0.4) is 0 Å². The summed E-state index contributed by atoms with van der Waals surface area (Å²) >= 11 is 3.42. The van der Waals surface area contributed by atoms with Crippen molar-refractivity contribution in [3.8, 4) is 0 Å². The maximum atomic E-state index is 12.8. The van der Waals surface area contributed by atoms with Crippen LogP contribution in [0.5, 0.6) is 0 Å². The van der Waals surface area contributed by atoms with Crippen molar-refractivity contribution in [3.63, 3.8) is 0 Å². The summed E-state index contributed by atoms with van der Waals surface area (Å²) in [6.07, 6.45) is -1.98. The number of aromatic nitrogens is 2. The molecule has 1 N–H and O–H groups in total. The standard InChI is InChI=1S/C18H18BrF3N4O/c19-14-4-2-1-3-12(14)9-17(27)25-13-5-7-26(8-6-13)16-10-15(18(20,21)22)23-11-24-16/h1-4,10-11,13H,5-9H2,(H,25,27). The topological polar surface area (TPSA) is 58.1 Å². The molecule has 1 amide bonds. The van der Waals surface area contributed by atoms with Gasteiger partial charge in [0.1, 0.15) is 17.8 Å². The van der Waals surface area contributed by atoms with E-state index >= 15 is 0 Å². The Bertz CT molecular complexity index is 807. The first-order valence-corrected chi connectivity index (χ1v) is 9.29. The van der Waals surface area contributed by atoms with Gasteiger partial charge in [-0.1, -0.05) is 34.1 Å². The SMILES string of the molecule is O=C(Cc1ccccc1Br)NC1CCN(c2cc(C(F)(F)F)ncn2)CC1. The highest BCUT2D eigenvalue weighted by Crippen LogP contribution is 2.29. The molecule has 1 aliphatic rings. The molecule has 2 aromatic rings. The van der Waals surface area contributed by atoms with E-state index in [1.54, 1.807) is 4.90 Å². The van der Waals surface area contributed by atoms with Crippen molar-refractivity contribution < 1.29 is 18.0 Å². The Morgan fingerprint density at radius 1 is 1.22 bits per heavy atom. The summed E-state index contributed by atoms with van der Waals surface area (Å²) in [7, 11) is 0. The molecular weight excluding hydrogens is 425 g/mol. The third-order valence-electron chi connectivity index (χ3n) is 4.44.